The predicted molar refractivity (Wildman–Crippen MR) is 67.1 cm³/mol. The summed E-state index contributed by atoms with van der Waals surface area (Å²) in [5.74, 6) is 0.188. The molecule has 0 aliphatic heterocycles. The fourth-order valence-corrected chi connectivity index (χ4v) is 2.85. The van der Waals surface area contributed by atoms with Gasteiger partial charge in [-0.15, -0.1) is 11.8 Å². The van der Waals surface area contributed by atoms with Gasteiger partial charge < -0.3 is 0 Å². The first-order valence-corrected chi connectivity index (χ1v) is 6.23. The number of benzene rings is 1. The van der Waals surface area contributed by atoms with E-state index in [-0.39, 0.29) is 11.0 Å². The van der Waals surface area contributed by atoms with E-state index < -0.39 is 0 Å². The van der Waals surface area contributed by atoms with Crippen LogP contribution in [0.5, 0.6) is 0 Å². The van der Waals surface area contributed by atoms with Crippen LogP contribution in [0.25, 0.3) is 0 Å². The molecule has 1 aromatic carbocycles. The van der Waals surface area contributed by atoms with E-state index in [4.69, 9.17) is 23.2 Å². The Morgan fingerprint density at radius 2 is 2.13 bits per heavy atom. The van der Waals surface area contributed by atoms with E-state index >= 15 is 0 Å². The van der Waals surface area contributed by atoms with Crippen LogP contribution in [-0.2, 0) is 4.79 Å². The number of carbonyl (C=O) groups is 1. The number of hydrogen-bond acceptors (Lipinski definition) is 2. The van der Waals surface area contributed by atoms with E-state index in [1.54, 1.807) is 30.8 Å². The maximum absolute atomic E-state index is 10.9. The van der Waals surface area contributed by atoms with E-state index in [0.29, 0.717) is 16.5 Å². The smallest absolute Gasteiger partial charge is 0.130 e. The lowest BCUT2D eigenvalue weighted by molar-refractivity contribution is -0.116. The Bertz CT molecular complexity index is 366. The van der Waals surface area contributed by atoms with Crippen molar-refractivity contribution in [1.29, 1.82) is 0 Å². The van der Waals surface area contributed by atoms with E-state index in [2.05, 4.69) is 0 Å². The maximum Gasteiger partial charge on any atom is 0.130 e. The van der Waals surface area contributed by atoms with Gasteiger partial charge in [0.1, 0.15) is 5.78 Å². The van der Waals surface area contributed by atoms with Crippen LogP contribution in [0.2, 0.25) is 10.0 Å². The number of ketones is 1. The summed E-state index contributed by atoms with van der Waals surface area (Å²) >= 11 is 13.5. The summed E-state index contributed by atoms with van der Waals surface area (Å²) in [6.45, 7) is 3.60. The van der Waals surface area contributed by atoms with Crippen molar-refractivity contribution >= 4 is 40.7 Å². The highest BCUT2D eigenvalue weighted by atomic mass is 35.5. The van der Waals surface area contributed by atoms with Crippen molar-refractivity contribution in [3.05, 3.63) is 28.2 Å². The molecule has 0 bridgehead atoms. The molecule has 0 N–H and O–H groups in total. The minimum Gasteiger partial charge on any atom is -0.300 e. The molecule has 1 aromatic rings. The second-order valence-electron chi connectivity index (χ2n) is 3.41. The predicted octanol–water partition coefficient (Wildman–Crippen LogP) is 4.45. The van der Waals surface area contributed by atoms with Crippen molar-refractivity contribution in [1.82, 2.24) is 0 Å². The molecule has 4 heteroatoms. The van der Waals surface area contributed by atoms with E-state index in [9.17, 15) is 4.79 Å². The summed E-state index contributed by atoms with van der Waals surface area (Å²) in [6, 6.07) is 5.35. The van der Waals surface area contributed by atoms with Gasteiger partial charge >= 0.3 is 0 Å². The molecule has 15 heavy (non-hydrogen) atoms. The first-order chi connectivity index (χ1) is 6.99. The Kier molecular flexibility index (Phi) is 4.97. The van der Waals surface area contributed by atoms with Crippen molar-refractivity contribution in [2.24, 2.45) is 0 Å². The van der Waals surface area contributed by atoms with Crippen LogP contribution in [0, 0.1) is 0 Å². The number of rotatable bonds is 4. The summed E-state index contributed by atoms with van der Waals surface area (Å²) in [4.78, 5) is 11.9. The molecule has 0 amide bonds. The van der Waals surface area contributed by atoms with E-state index in [1.807, 2.05) is 13.0 Å². The van der Waals surface area contributed by atoms with Crippen molar-refractivity contribution in [2.45, 2.75) is 30.4 Å². The minimum atomic E-state index is 0.188. The molecule has 1 rings (SSSR count). The third-order valence-corrected chi connectivity index (χ3v) is 3.63. The molecule has 0 heterocycles. The maximum atomic E-state index is 10.9. The van der Waals surface area contributed by atoms with E-state index in [1.165, 1.54) is 0 Å². The first kappa shape index (κ1) is 12.9. The summed E-state index contributed by atoms with van der Waals surface area (Å²) < 4.78 is 0. The summed E-state index contributed by atoms with van der Waals surface area (Å²) in [6.07, 6.45) is 0.549. The molecule has 82 valence electrons. The zero-order valence-electron chi connectivity index (χ0n) is 8.59. The Balaban J connectivity index is 2.71. The van der Waals surface area contributed by atoms with Crippen LogP contribution in [0.15, 0.2) is 23.1 Å². The average Bonchev–Trinajstić information content (AvgIpc) is 2.10. The quantitative estimate of drug-likeness (QED) is 0.746. The van der Waals surface area contributed by atoms with Gasteiger partial charge in [0, 0.05) is 21.6 Å². The molecule has 0 radical (unpaired) electrons. The molecular formula is C11H12Cl2OS. The Hall–Kier alpha value is -0.180. The molecule has 0 spiro atoms. The number of thioether (sulfide) groups is 1. The summed E-state index contributed by atoms with van der Waals surface area (Å²) in [5.41, 5.74) is 0. The van der Waals surface area contributed by atoms with Gasteiger partial charge in [0.15, 0.2) is 0 Å². The highest BCUT2D eigenvalue weighted by Gasteiger charge is 2.10. The lowest BCUT2D eigenvalue weighted by Crippen LogP contribution is -2.02. The van der Waals surface area contributed by atoms with Crippen LogP contribution >= 0.6 is 35.0 Å². The Morgan fingerprint density at radius 3 is 2.73 bits per heavy atom. The normalized spacial score (nSPS) is 12.5. The third-order valence-electron chi connectivity index (χ3n) is 1.80. The fourth-order valence-electron chi connectivity index (χ4n) is 1.23. The van der Waals surface area contributed by atoms with Crippen molar-refractivity contribution in [3.8, 4) is 0 Å². The number of Topliss-reactive ketones (excluding diaryl/α,β-unsaturated/α-hetero) is 1. The highest BCUT2D eigenvalue weighted by Crippen LogP contribution is 2.33. The lowest BCUT2D eigenvalue weighted by atomic mass is 10.2. The van der Waals surface area contributed by atoms with Gasteiger partial charge in [-0.3, -0.25) is 4.79 Å². The standard InChI is InChI=1S/C11H12Cl2OS/c1-7(14)5-8(2)15-11-6-9(12)3-4-10(11)13/h3-4,6,8H,5H2,1-2H3. The molecule has 1 nitrogen and oxygen atoms in total. The monoisotopic (exact) mass is 262 g/mol. The molecule has 0 fully saturated rings. The first-order valence-electron chi connectivity index (χ1n) is 4.60. The second-order valence-corrected chi connectivity index (χ2v) is 5.73. The Labute approximate surface area is 104 Å². The molecular weight excluding hydrogens is 251 g/mol. The summed E-state index contributed by atoms with van der Waals surface area (Å²) in [7, 11) is 0. The zero-order valence-corrected chi connectivity index (χ0v) is 10.9. The van der Waals surface area contributed by atoms with Crippen LogP contribution in [0.4, 0.5) is 0 Å². The molecule has 0 aliphatic rings. The number of halogens is 2. The molecule has 0 aromatic heterocycles. The molecule has 0 saturated carbocycles. The van der Waals surface area contributed by atoms with Crippen molar-refractivity contribution < 1.29 is 4.79 Å². The number of carbonyl (C=O) groups excluding carboxylic acids is 1. The van der Waals surface area contributed by atoms with Crippen LogP contribution < -0.4 is 0 Å². The summed E-state index contributed by atoms with van der Waals surface area (Å²) in [5, 5.41) is 1.56. The minimum absolute atomic E-state index is 0.188. The van der Waals surface area contributed by atoms with Crippen molar-refractivity contribution in [2.75, 3.05) is 0 Å². The SMILES string of the molecule is CC(=O)CC(C)Sc1cc(Cl)ccc1Cl. The van der Waals surface area contributed by atoms with Crippen molar-refractivity contribution in [3.63, 3.8) is 0 Å². The van der Waals surface area contributed by atoms with Gasteiger partial charge in [-0.2, -0.15) is 0 Å². The topological polar surface area (TPSA) is 17.1 Å². The van der Waals surface area contributed by atoms with Crippen LogP contribution in [-0.4, -0.2) is 11.0 Å². The largest absolute Gasteiger partial charge is 0.300 e. The fraction of sp³-hybridized carbons (Fsp3) is 0.364. The number of hydrogen-bond donors (Lipinski definition) is 0. The molecule has 0 saturated heterocycles. The van der Waals surface area contributed by atoms with Gasteiger partial charge in [0.25, 0.3) is 0 Å². The van der Waals surface area contributed by atoms with Crippen LogP contribution in [0.3, 0.4) is 0 Å². The lowest BCUT2D eigenvalue weighted by Gasteiger charge is -2.10. The van der Waals surface area contributed by atoms with Gasteiger partial charge in [0.2, 0.25) is 0 Å². The van der Waals surface area contributed by atoms with E-state index in [0.717, 1.165) is 4.90 Å². The van der Waals surface area contributed by atoms with Gasteiger partial charge in [-0.25, -0.2) is 0 Å². The zero-order chi connectivity index (χ0) is 11.4. The molecule has 0 aliphatic carbocycles. The highest BCUT2D eigenvalue weighted by molar-refractivity contribution is 8.00. The van der Waals surface area contributed by atoms with Gasteiger partial charge in [-0.05, 0) is 25.1 Å². The second kappa shape index (κ2) is 5.78. The molecule has 1 unspecified atom stereocenters. The molecule has 1 atom stereocenters. The van der Waals surface area contributed by atoms with Crippen LogP contribution in [0.1, 0.15) is 20.3 Å². The average molecular weight is 263 g/mol. The third kappa shape index (κ3) is 4.45. The van der Waals surface area contributed by atoms with Gasteiger partial charge in [-0.1, -0.05) is 30.1 Å². The van der Waals surface area contributed by atoms with Gasteiger partial charge in [0.05, 0.1) is 5.02 Å². The Morgan fingerprint density at radius 1 is 1.47 bits per heavy atom.